The van der Waals surface area contributed by atoms with E-state index >= 15 is 0 Å². The Balaban J connectivity index is 1.50. The lowest BCUT2D eigenvalue weighted by Gasteiger charge is -2.27. The highest BCUT2D eigenvalue weighted by molar-refractivity contribution is 7.81. The summed E-state index contributed by atoms with van der Waals surface area (Å²) < 4.78 is 0. The highest BCUT2D eigenvalue weighted by Gasteiger charge is 2.31. The van der Waals surface area contributed by atoms with Gasteiger partial charge in [0.25, 0.3) is 5.91 Å². The predicted octanol–water partition coefficient (Wildman–Crippen LogP) is 2.34. The van der Waals surface area contributed by atoms with Gasteiger partial charge in [-0.15, -0.1) is 12.6 Å². The third-order valence-corrected chi connectivity index (χ3v) is 6.88. The van der Waals surface area contributed by atoms with E-state index in [0.717, 1.165) is 24.2 Å². The number of aliphatic imine (C=N–C) groups is 1. The molecule has 3 aliphatic rings. The van der Waals surface area contributed by atoms with Gasteiger partial charge < -0.3 is 21.4 Å². The molecule has 0 spiro atoms. The molecule has 172 valence electrons. The number of rotatable bonds is 6. The second kappa shape index (κ2) is 10.3. The van der Waals surface area contributed by atoms with Gasteiger partial charge in [-0.3, -0.25) is 14.6 Å². The van der Waals surface area contributed by atoms with Crippen LogP contribution in [0.25, 0.3) is 0 Å². The SMILES string of the molecule is N=CC(/C=C1\C(S)N=CC1C1C=CC(C(N)=O)=CC1)c1ccc(C(=O)N2CCNCC2)cc1. The number of carbonyl (C=O) groups excluding carboxylic acids is 2. The summed E-state index contributed by atoms with van der Waals surface area (Å²) in [7, 11) is 0. The van der Waals surface area contributed by atoms with Gasteiger partial charge in [-0.25, -0.2) is 0 Å². The van der Waals surface area contributed by atoms with Gasteiger partial charge in [0, 0.05) is 61.6 Å². The van der Waals surface area contributed by atoms with Crippen molar-refractivity contribution in [1.29, 1.82) is 5.41 Å². The van der Waals surface area contributed by atoms with Crippen LogP contribution < -0.4 is 11.1 Å². The van der Waals surface area contributed by atoms with Crippen molar-refractivity contribution in [2.45, 2.75) is 17.7 Å². The lowest BCUT2D eigenvalue weighted by Crippen LogP contribution is -2.46. The molecule has 2 heterocycles. The van der Waals surface area contributed by atoms with E-state index in [-0.39, 0.29) is 29.0 Å². The molecular weight excluding hydrogens is 434 g/mol. The van der Waals surface area contributed by atoms with Crippen molar-refractivity contribution in [3.8, 4) is 0 Å². The Hall–Kier alpha value is -2.97. The fraction of sp³-hybridized carbons (Fsp3) is 0.360. The first kappa shape index (κ1) is 23.2. The Labute approximate surface area is 199 Å². The average Bonchev–Trinajstić information content (AvgIpc) is 3.22. The van der Waals surface area contributed by atoms with Crippen LogP contribution in [-0.4, -0.2) is 60.7 Å². The number of nitrogens with zero attached hydrogens (tertiary/aromatic N) is 2. The minimum Gasteiger partial charge on any atom is -0.366 e. The van der Waals surface area contributed by atoms with Gasteiger partial charge in [0.15, 0.2) is 0 Å². The predicted molar refractivity (Wildman–Crippen MR) is 134 cm³/mol. The molecule has 2 aliphatic heterocycles. The molecule has 8 heteroatoms. The number of hydrogen-bond acceptors (Lipinski definition) is 6. The molecule has 1 aromatic carbocycles. The minimum atomic E-state index is -0.421. The first-order valence-corrected chi connectivity index (χ1v) is 11.7. The van der Waals surface area contributed by atoms with Gasteiger partial charge >= 0.3 is 0 Å². The Bertz CT molecular complexity index is 1040. The number of thiol groups is 1. The smallest absolute Gasteiger partial charge is 0.253 e. The number of primary amides is 1. The molecule has 33 heavy (non-hydrogen) atoms. The van der Waals surface area contributed by atoms with Gasteiger partial charge in [-0.2, -0.15) is 0 Å². The zero-order chi connectivity index (χ0) is 23.4. The van der Waals surface area contributed by atoms with E-state index in [1.54, 1.807) is 6.08 Å². The van der Waals surface area contributed by atoms with E-state index in [9.17, 15) is 9.59 Å². The van der Waals surface area contributed by atoms with Gasteiger partial charge in [-0.05, 0) is 35.6 Å². The Morgan fingerprint density at radius 3 is 2.58 bits per heavy atom. The van der Waals surface area contributed by atoms with Gasteiger partial charge in [0.2, 0.25) is 5.91 Å². The summed E-state index contributed by atoms with van der Waals surface area (Å²) in [4.78, 5) is 30.5. The second-order valence-corrected chi connectivity index (χ2v) is 8.99. The Morgan fingerprint density at radius 2 is 1.97 bits per heavy atom. The van der Waals surface area contributed by atoms with Crippen molar-refractivity contribution in [1.82, 2.24) is 10.2 Å². The zero-order valence-electron chi connectivity index (χ0n) is 18.4. The lowest BCUT2D eigenvalue weighted by molar-refractivity contribution is -0.114. The second-order valence-electron chi connectivity index (χ2n) is 8.50. The van der Waals surface area contributed by atoms with Crippen LogP contribution in [0.2, 0.25) is 0 Å². The Kier molecular flexibility index (Phi) is 7.25. The molecule has 1 saturated heterocycles. The van der Waals surface area contributed by atoms with Crippen LogP contribution in [0.1, 0.15) is 28.3 Å². The third-order valence-electron chi connectivity index (χ3n) is 6.45. The van der Waals surface area contributed by atoms with Crippen LogP contribution >= 0.6 is 12.6 Å². The summed E-state index contributed by atoms with van der Waals surface area (Å²) in [5, 5.41) is 11.0. The lowest BCUT2D eigenvalue weighted by atomic mass is 9.81. The van der Waals surface area contributed by atoms with E-state index < -0.39 is 5.91 Å². The molecule has 4 atom stereocenters. The quantitative estimate of drug-likeness (QED) is 0.295. The molecule has 2 amide bonds. The zero-order valence-corrected chi connectivity index (χ0v) is 19.2. The van der Waals surface area contributed by atoms with Crippen molar-refractivity contribution < 1.29 is 9.59 Å². The largest absolute Gasteiger partial charge is 0.366 e. The summed E-state index contributed by atoms with van der Waals surface area (Å²) in [5.74, 6) is -0.419. The maximum atomic E-state index is 12.7. The van der Waals surface area contributed by atoms with Crippen molar-refractivity contribution >= 4 is 36.9 Å². The van der Waals surface area contributed by atoms with E-state index in [2.05, 4.69) is 29.0 Å². The fourth-order valence-electron chi connectivity index (χ4n) is 4.51. The van der Waals surface area contributed by atoms with E-state index in [1.165, 1.54) is 6.21 Å². The molecule has 0 aromatic heterocycles. The molecule has 1 aliphatic carbocycles. The molecule has 1 aromatic rings. The van der Waals surface area contributed by atoms with Crippen molar-refractivity contribution in [2.24, 2.45) is 22.6 Å². The number of nitrogens with two attached hydrogens (primary N) is 1. The molecule has 4 N–H and O–H groups in total. The van der Waals surface area contributed by atoms with Crippen molar-refractivity contribution in [3.63, 3.8) is 0 Å². The summed E-state index contributed by atoms with van der Waals surface area (Å²) >= 11 is 4.63. The summed E-state index contributed by atoms with van der Waals surface area (Å²) in [6.07, 6.45) is 11.7. The molecule has 4 rings (SSSR count). The number of benzene rings is 1. The molecule has 0 radical (unpaired) electrons. The van der Waals surface area contributed by atoms with Crippen LogP contribution in [0.3, 0.4) is 0 Å². The molecule has 0 bridgehead atoms. The minimum absolute atomic E-state index is 0.0416. The van der Waals surface area contributed by atoms with Gasteiger partial charge in [0.1, 0.15) is 5.37 Å². The topological polar surface area (TPSA) is 112 Å². The number of piperazine rings is 1. The van der Waals surface area contributed by atoms with Crippen LogP contribution in [0.15, 0.2) is 64.7 Å². The highest BCUT2D eigenvalue weighted by atomic mass is 32.1. The van der Waals surface area contributed by atoms with Gasteiger partial charge in [0.05, 0.1) is 0 Å². The van der Waals surface area contributed by atoms with Crippen LogP contribution in [0, 0.1) is 17.2 Å². The molecule has 0 saturated carbocycles. The monoisotopic (exact) mass is 463 g/mol. The van der Waals surface area contributed by atoms with Crippen LogP contribution in [0.4, 0.5) is 0 Å². The maximum Gasteiger partial charge on any atom is 0.253 e. The van der Waals surface area contributed by atoms with E-state index in [4.69, 9.17) is 11.1 Å². The van der Waals surface area contributed by atoms with E-state index in [1.807, 2.05) is 47.5 Å². The first-order chi connectivity index (χ1) is 16.0. The van der Waals surface area contributed by atoms with Crippen molar-refractivity contribution in [2.75, 3.05) is 26.2 Å². The number of nitrogens with one attached hydrogen (secondary N) is 2. The first-order valence-electron chi connectivity index (χ1n) is 11.2. The highest BCUT2D eigenvalue weighted by Crippen LogP contribution is 2.37. The maximum absolute atomic E-state index is 12.7. The number of hydrogen-bond donors (Lipinski definition) is 4. The summed E-state index contributed by atoms with van der Waals surface area (Å²) in [6.45, 7) is 3.06. The average molecular weight is 464 g/mol. The number of carbonyl (C=O) groups is 2. The third kappa shape index (κ3) is 5.17. The summed E-state index contributed by atoms with van der Waals surface area (Å²) in [5.41, 5.74) is 8.55. The molecule has 7 nitrogen and oxygen atoms in total. The standard InChI is InChI=1S/C25H29N5O2S/c26-14-20(16-1-7-19(8-2-16)25(32)30-11-9-28-10-12-30)13-21-22(15-29-24(21)33)17-3-5-18(6-4-17)23(27)31/h1-3,5-8,13-15,17,20,22,24,26,28,33H,4,9-12H2,(H2,27,31)/b21-13-,26-14?. The number of allylic oxidation sites excluding steroid dienone is 3. The van der Waals surface area contributed by atoms with E-state index in [0.29, 0.717) is 30.6 Å². The summed E-state index contributed by atoms with van der Waals surface area (Å²) in [6, 6.07) is 7.52. The van der Waals surface area contributed by atoms with Crippen LogP contribution in [0.5, 0.6) is 0 Å². The van der Waals surface area contributed by atoms with Gasteiger partial charge in [-0.1, -0.05) is 36.4 Å². The molecule has 1 fully saturated rings. The fourth-order valence-corrected chi connectivity index (χ4v) is 4.84. The molecular formula is C25H29N5O2S. The van der Waals surface area contributed by atoms with Crippen LogP contribution in [-0.2, 0) is 4.79 Å². The van der Waals surface area contributed by atoms with Crippen molar-refractivity contribution in [3.05, 3.63) is 70.8 Å². The normalized spacial score (nSPS) is 26.8. The number of amides is 2. The molecule has 4 unspecified atom stereocenters. The Morgan fingerprint density at radius 1 is 1.24 bits per heavy atom.